The van der Waals surface area contributed by atoms with Gasteiger partial charge in [-0.1, -0.05) is 13.8 Å². The molecule has 1 aromatic rings. The SMILES string of the molecule is Cc1cc(C(=O)NCC(N)C(C)C)ccc1F. The van der Waals surface area contributed by atoms with Crippen LogP contribution in [-0.2, 0) is 0 Å². The fourth-order valence-electron chi connectivity index (χ4n) is 1.33. The van der Waals surface area contributed by atoms with E-state index < -0.39 is 0 Å². The van der Waals surface area contributed by atoms with Crippen LogP contribution >= 0.6 is 0 Å². The lowest BCUT2D eigenvalue weighted by Gasteiger charge is -2.16. The molecule has 17 heavy (non-hydrogen) atoms. The van der Waals surface area contributed by atoms with Gasteiger partial charge in [-0.25, -0.2) is 4.39 Å². The van der Waals surface area contributed by atoms with Crippen LogP contribution in [0, 0.1) is 18.7 Å². The van der Waals surface area contributed by atoms with Crippen molar-refractivity contribution in [1.82, 2.24) is 5.32 Å². The van der Waals surface area contributed by atoms with Gasteiger partial charge in [-0.2, -0.15) is 0 Å². The summed E-state index contributed by atoms with van der Waals surface area (Å²) in [5, 5.41) is 2.74. The van der Waals surface area contributed by atoms with E-state index in [-0.39, 0.29) is 17.8 Å². The molecule has 94 valence electrons. The van der Waals surface area contributed by atoms with Crippen molar-refractivity contribution in [3.05, 3.63) is 35.1 Å². The summed E-state index contributed by atoms with van der Waals surface area (Å²) >= 11 is 0. The second kappa shape index (κ2) is 5.77. The van der Waals surface area contributed by atoms with E-state index in [0.29, 0.717) is 23.6 Å². The van der Waals surface area contributed by atoms with Gasteiger partial charge < -0.3 is 11.1 Å². The number of carbonyl (C=O) groups excluding carboxylic acids is 1. The lowest BCUT2D eigenvalue weighted by atomic mass is 10.1. The second-order valence-corrected chi connectivity index (χ2v) is 4.58. The van der Waals surface area contributed by atoms with Gasteiger partial charge in [0.1, 0.15) is 5.82 Å². The summed E-state index contributed by atoms with van der Waals surface area (Å²) in [4.78, 5) is 11.7. The number of aryl methyl sites for hydroxylation is 1. The minimum atomic E-state index is -0.305. The van der Waals surface area contributed by atoms with Gasteiger partial charge in [-0.05, 0) is 36.6 Å². The Kier molecular flexibility index (Phi) is 4.63. The Balaban J connectivity index is 2.61. The highest BCUT2D eigenvalue weighted by Gasteiger charge is 2.11. The van der Waals surface area contributed by atoms with Gasteiger partial charge in [-0.15, -0.1) is 0 Å². The maximum atomic E-state index is 13.0. The fourth-order valence-corrected chi connectivity index (χ4v) is 1.33. The first kappa shape index (κ1) is 13.6. The molecule has 1 atom stereocenters. The number of nitrogens with one attached hydrogen (secondary N) is 1. The van der Waals surface area contributed by atoms with Crippen molar-refractivity contribution in [3.8, 4) is 0 Å². The average Bonchev–Trinajstić information content (AvgIpc) is 2.28. The van der Waals surface area contributed by atoms with E-state index >= 15 is 0 Å². The zero-order valence-electron chi connectivity index (χ0n) is 10.5. The van der Waals surface area contributed by atoms with Crippen LogP contribution in [0.4, 0.5) is 4.39 Å². The van der Waals surface area contributed by atoms with Crippen LogP contribution in [0.3, 0.4) is 0 Å². The third kappa shape index (κ3) is 3.82. The van der Waals surface area contributed by atoms with Crippen molar-refractivity contribution < 1.29 is 9.18 Å². The number of nitrogens with two attached hydrogens (primary N) is 1. The maximum absolute atomic E-state index is 13.0. The highest BCUT2D eigenvalue weighted by atomic mass is 19.1. The zero-order chi connectivity index (χ0) is 13.0. The maximum Gasteiger partial charge on any atom is 0.251 e. The molecule has 0 aliphatic rings. The Bertz CT molecular complexity index is 404. The van der Waals surface area contributed by atoms with Crippen LogP contribution in [0.1, 0.15) is 29.8 Å². The van der Waals surface area contributed by atoms with E-state index in [9.17, 15) is 9.18 Å². The molecule has 0 fully saturated rings. The summed E-state index contributed by atoms with van der Waals surface area (Å²) in [5.74, 6) is -0.213. The molecule has 0 bridgehead atoms. The number of hydrogen-bond acceptors (Lipinski definition) is 2. The van der Waals surface area contributed by atoms with Crippen molar-refractivity contribution in [1.29, 1.82) is 0 Å². The average molecular weight is 238 g/mol. The molecule has 1 unspecified atom stereocenters. The van der Waals surface area contributed by atoms with Crippen LogP contribution in [0.5, 0.6) is 0 Å². The molecule has 0 aliphatic heterocycles. The topological polar surface area (TPSA) is 55.1 Å². The highest BCUT2D eigenvalue weighted by Crippen LogP contribution is 2.09. The van der Waals surface area contributed by atoms with E-state index in [0.717, 1.165) is 0 Å². The van der Waals surface area contributed by atoms with Crippen molar-refractivity contribution >= 4 is 5.91 Å². The first-order valence-electron chi connectivity index (χ1n) is 5.71. The molecule has 4 heteroatoms. The lowest BCUT2D eigenvalue weighted by Crippen LogP contribution is -2.40. The van der Waals surface area contributed by atoms with Gasteiger partial charge in [0.2, 0.25) is 0 Å². The largest absolute Gasteiger partial charge is 0.350 e. The molecular weight excluding hydrogens is 219 g/mol. The molecule has 1 amide bonds. The highest BCUT2D eigenvalue weighted by molar-refractivity contribution is 5.94. The summed E-state index contributed by atoms with van der Waals surface area (Å²) < 4.78 is 13.0. The van der Waals surface area contributed by atoms with Crippen molar-refractivity contribution in [3.63, 3.8) is 0 Å². The Hall–Kier alpha value is -1.42. The Labute approximate surface area is 101 Å². The van der Waals surface area contributed by atoms with E-state index in [2.05, 4.69) is 5.32 Å². The normalized spacial score (nSPS) is 12.6. The molecule has 0 spiro atoms. The summed E-state index contributed by atoms with van der Waals surface area (Å²) in [6, 6.07) is 4.23. The summed E-state index contributed by atoms with van der Waals surface area (Å²) in [7, 11) is 0. The van der Waals surface area contributed by atoms with Crippen LogP contribution < -0.4 is 11.1 Å². The van der Waals surface area contributed by atoms with Gasteiger partial charge in [0.05, 0.1) is 0 Å². The van der Waals surface area contributed by atoms with E-state index in [1.54, 1.807) is 6.92 Å². The summed E-state index contributed by atoms with van der Waals surface area (Å²) in [6.45, 7) is 6.05. The first-order valence-corrected chi connectivity index (χ1v) is 5.71. The number of amides is 1. The molecular formula is C13H19FN2O. The fraction of sp³-hybridized carbons (Fsp3) is 0.462. The molecule has 1 rings (SSSR count). The molecule has 0 aliphatic carbocycles. The monoisotopic (exact) mass is 238 g/mol. The quantitative estimate of drug-likeness (QED) is 0.841. The van der Waals surface area contributed by atoms with Crippen LogP contribution in [0.15, 0.2) is 18.2 Å². The standard InChI is InChI=1S/C13H19FN2O/c1-8(2)12(15)7-16-13(17)10-4-5-11(14)9(3)6-10/h4-6,8,12H,7,15H2,1-3H3,(H,16,17). The minimum Gasteiger partial charge on any atom is -0.350 e. The Morgan fingerprint density at radius 1 is 1.47 bits per heavy atom. The second-order valence-electron chi connectivity index (χ2n) is 4.58. The molecule has 0 saturated heterocycles. The van der Waals surface area contributed by atoms with E-state index in [4.69, 9.17) is 5.73 Å². The number of benzene rings is 1. The van der Waals surface area contributed by atoms with Crippen molar-refractivity contribution in [2.75, 3.05) is 6.54 Å². The van der Waals surface area contributed by atoms with Gasteiger partial charge in [0, 0.05) is 18.2 Å². The van der Waals surface area contributed by atoms with Crippen LogP contribution in [0.25, 0.3) is 0 Å². The third-order valence-corrected chi connectivity index (χ3v) is 2.77. The first-order chi connectivity index (χ1) is 7.91. The number of hydrogen-bond donors (Lipinski definition) is 2. The molecule has 0 radical (unpaired) electrons. The molecule has 3 nitrogen and oxygen atoms in total. The molecule has 0 saturated carbocycles. The van der Waals surface area contributed by atoms with Crippen molar-refractivity contribution in [2.24, 2.45) is 11.7 Å². The van der Waals surface area contributed by atoms with Crippen molar-refractivity contribution in [2.45, 2.75) is 26.8 Å². The smallest absolute Gasteiger partial charge is 0.251 e. The molecule has 0 aromatic heterocycles. The van der Waals surface area contributed by atoms with Crippen LogP contribution in [-0.4, -0.2) is 18.5 Å². The predicted octanol–water partition coefficient (Wildman–Crippen LogP) is 1.85. The Morgan fingerprint density at radius 2 is 2.12 bits per heavy atom. The zero-order valence-corrected chi connectivity index (χ0v) is 10.5. The predicted molar refractivity (Wildman–Crippen MR) is 66.3 cm³/mol. The summed E-state index contributed by atoms with van der Waals surface area (Å²) in [6.07, 6.45) is 0. The third-order valence-electron chi connectivity index (χ3n) is 2.77. The van der Waals surface area contributed by atoms with E-state index in [1.165, 1.54) is 18.2 Å². The number of rotatable bonds is 4. The van der Waals surface area contributed by atoms with Crippen LogP contribution in [0.2, 0.25) is 0 Å². The number of halogens is 1. The molecule has 0 heterocycles. The number of carbonyl (C=O) groups is 1. The van der Waals surface area contributed by atoms with Gasteiger partial charge in [0.25, 0.3) is 5.91 Å². The van der Waals surface area contributed by atoms with E-state index in [1.807, 2.05) is 13.8 Å². The minimum absolute atomic E-state index is 0.0690. The Morgan fingerprint density at radius 3 is 2.65 bits per heavy atom. The van der Waals surface area contributed by atoms with Gasteiger partial charge in [0.15, 0.2) is 0 Å². The van der Waals surface area contributed by atoms with Gasteiger partial charge in [-0.3, -0.25) is 4.79 Å². The summed E-state index contributed by atoms with van der Waals surface area (Å²) in [5.41, 5.74) is 6.74. The molecule has 1 aromatic carbocycles. The lowest BCUT2D eigenvalue weighted by molar-refractivity contribution is 0.0949. The molecule has 3 N–H and O–H groups in total. The van der Waals surface area contributed by atoms with Gasteiger partial charge >= 0.3 is 0 Å².